The number of hydrogen-bond donors (Lipinski definition) is 1. The van der Waals surface area contributed by atoms with Crippen LogP contribution in [-0.4, -0.2) is 23.3 Å². The van der Waals surface area contributed by atoms with Crippen molar-refractivity contribution in [3.8, 4) is 0 Å². The number of fused-ring (bicyclic) bond motifs is 2. The highest BCUT2D eigenvalue weighted by Crippen LogP contribution is 2.27. The van der Waals surface area contributed by atoms with Crippen LogP contribution in [-0.2, 0) is 17.8 Å². The zero-order valence-electron chi connectivity index (χ0n) is 13.9. The number of hydrogen-bond acceptors (Lipinski definition) is 3. The minimum absolute atomic E-state index is 0.0883. The number of carbonyl (C=O) groups excluding carboxylic acids is 2. The highest BCUT2D eigenvalue weighted by Gasteiger charge is 2.19. The van der Waals surface area contributed by atoms with Gasteiger partial charge in [0.2, 0.25) is 5.91 Å². The fraction of sp³-hybridized carbons (Fsp3) is 0.200. The van der Waals surface area contributed by atoms with Crippen LogP contribution in [0.4, 0.5) is 5.69 Å². The Balaban J connectivity index is 1.55. The SMILES string of the molecule is CC(=O)N1CCc2ccc(NC(=O)c3cc4ccccc4s3)cc2C1. The Morgan fingerprint density at radius 1 is 1.08 bits per heavy atom. The lowest BCUT2D eigenvalue weighted by Gasteiger charge is -2.28. The average Bonchev–Trinajstić information content (AvgIpc) is 3.05. The Morgan fingerprint density at radius 3 is 2.72 bits per heavy atom. The molecule has 0 bridgehead atoms. The van der Waals surface area contributed by atoms with Crippen LogP contribution in [0.5, 0.6) is 0 Å². The highest BCUT2D eigenvalue weighted by molar-refractivity contribution is 7.20. The van der Waals surface area contributed by atoms with Crippen molar-refractivity contribution in [1.82, 2.24) is 4.90 Å². The molecule has 1 aromatic heterocycles. The van der Waals surface area contributed by atoms with Gasteiger partial charge in [0.05, 0.1) is 4.88 Å². The minimum atomic E-state index is -0.0969. The molecule has 2 aromatic carbocycles. The van der Waals surface area contributed by atoms with Gasteiger partial charge in [-0.2, -0.15) is 0 Å². The number of carbonyl (C=O) groups is 2. The molecule has 1 N–H and O–H groups in total. The molecule has 2 heterocycles. The zero-order valence-corrected chi connectivity index (χ0v) is 14.7. The summed E-state index contributed by atoms with van der Waals surface area (Å²) < 4.78 is 1.11. The van der Waals surface area contributed by atoms with E-state index in [1.54, 1.807) is 6.92 Å². The van der Waals surface area contributed by atoms with E-state index in [2.05, 4.69) is 5.32 Å². The van der Waals surface area contributed by atoms with Crippen LogP contribution >= 0.6 is 11.3 Å². The molecular weight excluding hydrogens is 332 g/mol. The van der Waals surface area contributed by atoms with E-state index in [1.165, 1.54) is 16.9 Å². The molecular formula is C20H18N2O2S. The average molecular weight is 350 g/mol. The molecule has 0 aliphatic carbocycles. The first-order valence-corrected chi connectivity index (χ1v) is 9.09. The van der Waals surface area contributed by atoms with Crippen LogP contribution in [0.3, 0.4) is 0 Å². The van der Waals surface area contributed by atoms with E-state index in [0.29, 0.717) is 11.4 Å². The maximum Gasteiger partial charge on any atom is 0.265 e. The van der Waals surface area contributed by atoms with Gasteiger partial charge in [0.15, 0.2) is 0 Å². The normalized spacial score (nSPS) is 13.6. The van der Waals surface area contributed by atoms with Gasteiger partial charge in [-0.05, 0) is 47.2 Å². The molecule has 0 fully saturated rings. The predicted octanol–water partition coefficient (Wildman–Crippen LogP) is 4.06. The van der Waals surface area contributed by atoms with Crippen LogP contribution < -0.4 is 5.32 Å². The number of anilines is 1. The van der Waals surface area contributed by atoms with Crippen molar-refractivity contribution >= 4 is 38.9 Å². The third kappa shape index (κ3) is 3.15. The fourth-order valence-electron chi connectivity index (χ4n) is 3.19. The molecule has 5 heteroatoms. The van der Waals surface area contributed by atoms with Crippen molar-refractivity contribution in [2.45, 2.75) is 19.9 Å². The Hall–Kier alpha value is -2.66. The van der Waals surface area contributed by atoms with Crippen LogP contribution in [0, 0.1) is 0 Å². The van der Waals surface area contributed by atoms with Gasteiger partial charge in [-0.25, -0.2) is 0 Å². The largest absolute Gasteiger partial charge is 0.338 e. The van der Waals surface area contributed by atoms with E-state index < -0.39 is 0 Å². The standard InChI is InChI=1S/C20H18N2O2S/c1-13(23)22-9-8-14-6-7-17(10-16(14)12-22)21-20(24)19-11-15-4-2-3-5-18(15)25-19/h2-7,10-11H,8-9,12H2,1H3,(H,21,24). The van der Waals surface area contributed by atoms with Crippen LogP contribution in [0.15, 0.2) is 48.5 Å². The molecule has 3 aromatic rings. The minimum Gasteiger partial charge on any atom is -0.338 e. The first-order valence-electron chi connectivity index (χ1n) is 8.27. The fourth-order valence-corrected chi connectivity index (χ4v) is 4.15. The van der Waals surface area contributed by atoms with Crippen LogP contribution in [0.25, 0.3) is 10.1 Å². The Bertz CT molecular complexity index is 944. The first kappa shape index (κ1) is 15.8. The van der Waals surface area contributed by atoms with E-state index in [-0.39, 0.29) is 11.8 Å². The number of nitrogens with one attached hydrogen (secondary N) is 1. The third-order valence-electron chi connectivity index (χ3n) is 4.57. The van der Waals surface area contributed by atoms with E-state index in [9.17, 15) is 9.59 Å². The lowest BCUT2D eigenvalue weighted by atomic mass is 9.99. The number of benzene rings is 2. The monoisotopic (exact) mass is 350 g/mol. The second-order valence-electron chi connectivity index (χ2n) is 6.28. The predicted molar refractivity (Wildman–Crippen MR) is 101 cm³/mol. The summed E-state index contributed by atoms with van der Waals surface area (Å²) in [5.41, 5.74) is 3.12. The van der Waals surface area contributed by atoms with Gasteiger partial charge in [0.1, 0.15) is 0 Å². The van der Waals surface area contributed by atoms with E-state index >= 15 is 0 Å². The topological polar surface area (TPSA) is 49.4 Å². The van der Waals surface area contributed by atoms with Gasteiger partial charge in [0.25, 0.3) is 5.91 Å². The third-order valence-corrected chi connectivity index (χ3v) is 5.69. The first-order chi connectivity index (χ1) is 12.1. The van der Waals surface area contributed by atoms with Crippen molar-refractivity contribution in [3.63, 3.8) is 0 Å². The second-order valence-corrected chi connectivity index (χ2v) is 7.36. The van der Waals surface area contributed by atoms with Gasteiger partial charge in [-0.1, -0.05) is 24.3 Å². The molecule has 0 saturated carbocycles. The molecule has 0 atom stereocenters. The van der Waals surface area contributed by atoms with E-state index in [0.717, 1.165) is 34.3 Å². The number of rotatable bonds is 2. The maximum atomic E-state index is 12.6. The summed E-state index contributed by atoms with van der Waals surface area (Å²) >= 11 is 1.49. The quantitative estimate of drug-likeness (QED) is 0.758. The zero-order chi connectivity index (χ0) is 17.4. The summed E-state index contributed by atoms with van der Waals surface area (Å²) in [7, 11) is 0. The summed E-state index contributed by atoms with van der Waals surface area (Å²) in [5.74, 6) is -0.00857. The number of nitrogens with zero attached hydrogens (tertiary/aromatic N) is 1. The molecule has 1 aliphatic heterocycles. The van der Waals surface area contributed by atoms with E-state index in [1.807, 2.05) is 53.4 Å². The van der Waals surface area contributed by atoms with Crippen molar-refractivity contribution in [1.29, 1.82) is 0 Å². The summed E-state index contributed by atoms with van der Waals surface area (Å²) in [6.07, 6.45) is 0.861. The highest BCUT2D eigenvalue weighted by atomic mass is 32.1. The van der Waals surface area contributed by atoms with Gasteiger partial charge >= 0.3 is 0 Å². The van der Waals surface area contributed by atoms with Crippen LogP contribution in [0.2, 0.25) is 0 Å². The Kier molecular flexibility index (Phi) is 4.01. The maximum absolute atomic E-state index is 12.6. The van der Waals surface area contributed by atoms with Crippen molar-refractivity contribution in [2.75, 3.05) is 11.9 Å². The molecule has 1 aliphatic rings. The lowest BCUT2D eigenvalue weighted by Crippen LogP contribution is -2.34. The molecule has 4 rings (SSSR count). The smallest absolute Gasteiger partial charge is 0.265 e. The Labute approximate surface area is 150 Å². The summed E-state index contributed by atoms with van der Waals surface area (Å²) in [6.45, 7) is 2.96. The molecule has 0 radical (unpaired) electrons. The molecule has 4 nitrogen and oxygen atoms in total. The van der Waals surface area contributed by atoms with Crippen molar-refractivity contribution < 1.29 is 9.59 Å². The molecule has 126 valence electrons. The number of thiophene rings is 1. The lowest BCUT2D eigenvalue weighted by molar-refractivity contribution is -0.129. The van der Waals surface area contributed by atoms with Gasteiger partial charge in [-0.15, -0.1) is 11.3 Å². The summed E-state index contributed by atoms with van der Waals surface area (Å²) in [4.78, 5) is 26.7. The van der Waals surface area contributed by atoms with Gasteiger partial charge < -0.3 is 10.2 Å². The summed E-state index contributed by atoms with van der Waals surface area (Å²) in [6, 6.07) is 15.9. The van der Waals surface area contributed by atoms with Crippen molar-refractivity contribution in [2.24, 2.45) is 0 Å². The molecule has 25 heavy (non-hydrogen) atoms. The van der Waals surface area contributed by atoms with E-state index in [4.69, 9.17) is 0 Å². The molecule has 0 unspecified atom stereocenters. The van der Waals surface area contributed by atoms with Crippen LogP contribution in [0.1, 0.15) is 27.7 Å². The molecule has 2 amide bonds. The Morgan fingerprint density at radius 2 is 1.92 bits per heavy atom. The summed E-state index contributed by atoms with van der Waals surface area (Å²) in [5, 5.41) is 4.06. The number of amides is 2. The second kappa shape index (κ2) is 6.33. The molecule has 0 spiro atoms. The van der Waals surface area contributed by atoms with Gasteiger partial charge in [-0.3, -0.25) is 9.59 Å². The molecule has 0 saturated heterocycles. The van der Waals surface area contributed by atoms with Crippen molar-refractivity contribution in [3.05, 3.63) is 64.5 Å². The van der Waals surface area contributed by atoms with Gasteiger partial charge in [0, 0.05) is 30.4 Å².